The van der Waals surface area contributed by atoms with Gasteiger partial charge < -0.3 is 10.1 Å². The molecular formula is C11H20N4O3S. The molecular weight excluding hydrogens is 268 g/mol. The first kappa shape index (κ1) is 15.8. The lowest BCUT2D eigenvalue weighted by molar-refractivity contribution is -0.149. The number of ether oxygens (including phenoxy) is 1. The van der Waals surface area contributed by atoms with Gasteiger partial charge in [0.2, 0.25) is 0 Å². The highest BCUT2D eigenvalue weighted by atomic mass is 32.2. The van der Waals surface area contributed by atoms with E-state index in [9.17, 15) is 9.59 Å². The van der Waals surface area contributed by atoms with Gasteiger partial charge in [-0.05, 0) is 20.4 Å². The number of nitrogens with zero attached hydrogens (tertiary/aromatic N) is 2. The van der Waals surface area contributed by atoms with Gasteiger partial charge in [-0.1, -0.05) is 18.7 Å². The lowest BCUT2D eigenvalue weighted by atomic mass is 10.1. The lowest BCUT2D eigenvalue weighted by Crippen LogP contribution is -2.52. The van der Waals surface area contributed by atoms with Crippen LogP contribution in [-0.4, -0.2) is 45.2 Å². The monoisotopic (exact) mass is 288 g/mol. The molecule has 0 aliphatic heterocycles. The molecule has 0 amide bonds. The second-order valence-electron chi connectivity index (χ2n) is 4.24. The Hall–Kier alpha value is -1.28. The zero-order valence-corrected chi connectivity index (χ0v) is 12.5. The minimum absolute atomic E-state index is 0.274. The number of thioether (sulfide) groups is 1. The molecule has 0 bridgehead atoms. The van der Waals surface area contributed by atoms with Crippen molar-refractivity contribution in [3.8, 4) is 0 Å². The summed E-state index contributed by atoms with van der Waals surface area (Å²) in [6, 6.07) is 0. The van der Waals surface area contributed by atoms with Crippen LogP contribution in [0.1, 0.15) is 20.8 Å². The first-order chi connectivity index (χ1) is 8.94. The largest absolute Gasteiger partial charge is 0.465 e. The molecule has 1 aromatic rings. The van der Waals surface area contributed by atoms with Crippen molar-refractivity contribution in [3.05, 3.63) is 10.5 Å². The lowest BCUT2D eigenvalue weighted by Gasteiger charge is -2.27. The van der Waals surface area contributed by atoms with Crippen molar-refractivity contribution in [2.75, 3.05) is 18.9 Å². The van der Waals surface area contributed by atoms with Gasteiger partial charge in [0.25, 0.3) is 0 Å². The van der Waals surface area contributed by atoms with Crippen LogP contribution < -0.4 is 11.0 Å². The van der Waals surface area contributed by atoms with Crippen LogP contribution in [0, 0.1) is 0 Å². The van der Waals surface area contributed by atoms with Gasteiger partial charge in [0, 0.05) is 12.8 Å². The third-order valence-corrected chi connectivity index (χ3v) is 3.97. The first-order valence-electron chi connectivity index (χ1n) is 6.11. The molecule has 19 heavy (non-hydrogen) atoms. The highest BCUT2D eigenvalue weighted by molar-refractivity contribution is 7.99. The molecule has 0 saturated carbocycles. The highest BCUT2D eigenvalue weighted by Gasteiger charge is 2.34. The molecule has 1 heterocycles. The van der Waals surface area contributed by atoms with Gasteiger partial charge in [-0.15, -0.1) is 5.10 Å². The molecule has 0 aromatic carbocycles. The van der Waals surface area contributed by atoms with Crippen molar-refractivity contribution in [2.45, 2.75) is 31.5 Å². The molecule has 0 aliphatic carbocycles. The maximum absolute atomic E-state index is 12.0. The average Bonchev–Trinajstić information content (AvgIpc) is 2.68. The molecule has 0 spiro atoms. The molecule has 1 unspecified atom stereocenters. The Balaban J connectivity index is 2.76. The second-order valence-corrected chi connectivity index (χ2v) is 5.18. The van der Waals surface area contributed by atoms with E-state index >= 15 is 0 Å². The van der Waals surface area contributed by atoms with Crippen molar-refractivity contribution in [2.24, 2.45) is 7.05 Å². The molecule has 0 fully saturated rings. The van der Waals surface area contributed by atoms with Crippen molar-refractivity contribution in [1.29, 1.82) is 0 Å². The maximum Gasteiger partial charge on any atom is 0.343 e. The Morgan fingerprint density at radius 3 is 2.74 bits per heavy atom. The SMILES string of the molecule is CCNC(C)(CSc1n[nH]c(=O)n1C)C(=O)OCC. The summed E-state index contributed by atoms with van der Waals surface area (Å²) in [5.74, 6) is 0.127. The second kappa shape index (κ2) is 6.76. The van der Waals surface area contributed by atoms with Crippen molar-refractivity contribution < 1.29 is 9.53 Å². The van der Waals surface area contributed by atoms with Crippen molar-refractivity contribution >= 4 is 17.7 Å². The van der Waals surface area contributed by atoms with Crippen molar-refractivity contribution in [1.82, 2.24) is 20.1 Å². The van der Waals surface area contributed by atoms with Crippen LogP contribution in [-0.2, 0) is 16.6 Å². The predicted octanol–water partition coefficient (Wildman–Crippen LogP) is 0.132. The first-order valence-corrected chi connectivity index (χ1v) is 7.09. The minimum atomic E-state index is -0.801. The average molecular weight is 288 g/mol. The number of H-pyrrole nitrogens is 1. The van der Waals surface area contributed by atoms with Crippen LogP contribution in [0.4, 0.5) is 0 Å². The smallest absolute Gasteiger partial charge is 0.343 e. The molecule has 8 heteroatoms. The van der Waals surface area contributed by atoms with Crippen LogP contribution in [0.3, 0.4) is 0 Å². The van der Waals surface area contributed by atoms with E-state index in [0.29, 0.717) is 24.1 Å². The van der Waals surface area contributed by atoms with Gasteiger partial charge in [0.15, 0.2) is 5.16 Å². The van der Waals surface area contributed by atoms with Crippen LogP contribution >= 0.6 is 11.8 Å². The van der Waals surface area contributed by atoms with Crippen molar-refractivity contribution in [3.63, 3.8) is 0 Å². The van der Waals surface area contributed by atoms with Gasteiger partial charge in [0.1, 0.15) is 5.54 Å². The summed E-state index contributed by atoms with van der Waals surface area (Å²) in [6.07, 6.45) is 0. The molecule has 1 rings (SSSR count). The Morgan fingerprint density at radius 1 is 1.58 bits per heavy atom. The number of likely N-dealkylation sites (N-methyl/N-ethyl adjacent to an activating group) is 1. The summed E-state index contributed by atoms with van der Waals surface area (Å²) in [4.78, 5) is 23.2. The van der Waals surface area contributed by atoms with E-state index in [2.05, 4.69) is 15.5 Å². The topological polar surface area (TPSA) is 89.0 Å². The van der Waals surface area contributed by atoms with Crippen LogP contribution in [0.5, 0.6) is 0 Å². The summed E-state index contributed by atoms with van der Waals surface area (Å²) in [5, 5.41) is 9.91. The predicted molar refractivity (Wildman–Crippen MR) is 73.3 cm³/mol. The Labute approximate surface area is 116 Å². The number of aromatic amines is 1. The Kier molecular flexibility index (Phi) is 5.61. The van der Waals surface area contributed by atoms with Gasteiger partial charge in [-0.3, -0.25) is 9.36 Å². The van der Waals surface area contributed by atoms with Crippen LogP contribution in [0.25, 0.3) is 0 Å². The third-order valence-electron chi connectivity index (χ3n) is 2.62. The van der Waals surface area contributed by atoms with E-state index in [0.717, 1.165) is 0 Å². The number of hydrogen-bond donors (Lipinski definition) is 2. The van der Waals surface area contributed by atoms with Gasteiger partial charge >= 0.3 is 11.7 Å². The standard InChI is InChI=1S/C11H20N4O3S/c1-5-12-11(3,8(16)18-6-2)7-19-10-14-13-9(17)15(10)4/h12H,5-7H2,1-4H3,(H,13,17). The highest BCUT2D eigenvalue weighted by Crippen LogP contribution is 2.20. The van der Waals surface area contributed by atoms with E-state index in [-0.39, 0.29) is 11.7 Å². The number of carbonyl (C=O) groups is 1. The molecule has 0 saturated heterocycles. The molecule has 0 aliphatic rings. The number of hydrogen-bond acceptors (Lipinski definition) is 6. The van der Waals surface area contributed by atoms with Crippen LogP contribution in [0.15, 0.2) is 9.95 Å². The van der Waals surface area contributed by atoms with Crippen LogP contribution in [0.2, 0.25) is 0 Å². The zero-order chi connectivity index (χ0) is 14.5. The fraction of sp³-hybridized carbons (Fsp3) is 0.727. The summed E-state index contributed by atoms with van der Waals surface area (Å²) in [7, 11) is 1.63. The van der Waals surface area contributed by atoms with E-state index in [1.807, 2.05) is 6.92 Å². The number of nitrogens with one attached hydrogen (secondary N) is 2. The fourth-order valence-electron chi connectivity index (χ4n) is 1.53. The fourth-order valence-corrected chi connectivity index (χ4v) is 2.56. The van der Waals surface area contributed by atoms with Gasteiger partial charge in [0.05, 0.1) is 6.61 Å². The molecule has 108 valence electrons. The third kappa shape index (κ3) is 3.84. The number of carbonyl (C=O) groups excluding carboxylic acids is 1. The summed E-state index contributed by atoms with van der Waals surface area (Å²) in [5.41, 5.74) is -1.08. The zero-order valence-electron chi connectivity index (χ0n) is 11.6. The Bertz CT molecular complexity index is 485. The van der Waals surface area contributed by atoms with Gasteiger partial charge in [-0.2, -0.15) is 0 Å². The summed E-state index contributed by atoms with van der Waals surface area (Å²) < 4.78 is 6.48. The number of aromatic nitrogens is 3. The van der Waals surface area contributed by atoms with E-state index in [1.54, 1.807) is 20.9 Å². The van der Waals surface area contributed by atoms with E-state index in [1.165, 1.54) is 16.3 Å². The molecule has 7 nitrogen and oxygen atoms in total. The quantitative estimate of drug-likeness (QED) is 0.548. The summed E-state index contributed by atoms with van der Waals surface area (Å²) >= 11 is 1.33. The summed E-state index contributed by atoms with van der Waals surface area (Å²) in [6.45, 7) is 6.47. The molecule has 0 radical (unpaired) electrons. The van der Waals surface area contributed by atoms with E-state index in [4.69, 9.17) is 4.74 Å². The molecule has 1 atom stereocenters. The minimum Gasteiger partial charge on any atom is -0.465 e. The van der Waals surface area contributed by atoms with E-state index < -0.39 is 5.54 Å². The number of rotatable bonds is 7. The normalized spacial score (nSPS) is 14.1. The number of esters is 1. The molecule has 2 N–H and O–H groups in total. The Morgan fingerprint density at radius 2 is 2.26 bits per heavy atom. The molecule has 1 aromatic heterocycles. The van der Waals surface area contributed by atoms with Gasteiger partial charge in [-0.25, -0.2) is 9.89 Å². The maximum atomic E-state index is 12.0.